The number of allylic oxidation sites excluding steroid dienone is 1. The molecular formula is C27H29F3O4. The van der Waals surface area contributed by atoms with E-state index in [1.165, 1.54) is 6.07 Å². The summed E-state index contributed by atoms with van der Waals surface area (Å²) in [4.78, 5) is 11.1. The molecule has 2 aromatic carbocycles. The molecule has 3 rings (SSSR count). The summed E-state index contributed by atoms with van der Waals surface area (Å²) in [6.07, 6.45) is 2.88. The van der Waals surface area contributed by atoms with Crippen molar-refractivity contribution in [3.05, 3.63) is 71.3 Å². The molecule has 0 fully saturated rings. The highest BCUT2D eigenvalue weighted by atomic mass is 19.4. The van der Waals surface area contributed by atoms with Crippen molar-refractivity contribution in [3.8, 4) is 11.5 Å². The minimum atomic E-state index is -4.76. The summed E-state index contributed by atoms with van der Waals surface area (Å²) in [6.45, 7) is 5.91. The monoisotopic (exact) mass is 474 g/mol. The smallest absolute Gasteiger partial charge is 0.493 e. The first kappa shape index (κ1) is 25.4. The Morgan fingerprint density at radius 1 is 1.09 bits per heavy atom. The lowest BCUT2D eigenvalue weighted by atomic mass is 9.89. The van der Waals surface area contributed by atoms with Crippen molar-refractivity contribution in [2.24, 2.45) is 0 Å². The van der Waals surface area contributed by atoms with E-state index in [4.69, 9.17) is 9.47 Å². The van der Waals surface area contributed by atoms with Gasteiger partial charge in [-0.25, -0.2) is 4.79 Å². The highest BCUT2D eigenvalue weighted by Gasteiger charge is 2.32. The molecule has 4 nitrogen and oxygen atoms in total. The quantitative estimate of drug-likeness (QED) is 0.225. The predicted octanol–water partition coefficient (Wildman–Crippen LogP) is 6.91. The number of fused-ring (bicyclic) bond motifs is 1. The Bertz CT molecular complexity index is 1040. The zero-order chi connectivity index (χ0) is 24.6. The van der Waals surface area contributed by atoms with Crippen LogP contribution in [0.3, 0.4) is 0 Å². The summed E-state index contributed by atoms with van der Waals surface area (Å²) < 4.78 is 54.3. The van der Waals surface area contributed by atoms with Crippen LogP contribution in [-0.2, 0) is 22.4 Å². The molecule has 0 bridgehead atoms. The van der Waals surface area contributed by atoms with Gasteiger partial charge in [0.25, 0.3) is 0 Å². The normalized spacial score (nSPS) is 15.2. The number of hydrogen-bond acceptors (Lipinski definition) is 4. The number of hydrogen-bond donors (Lipinski definition) is 0. The van der Waals surface area contributed by atoms with Crippen LogP contribution in [0.2, 0.25) is 0 Å². The molecule has 0 aromatic heterocycles. The van der Waals surface area contributed by atoms with Crippen LogP contribution >= 0.6 is 0 Å². The van der Waals surface area contributed by atoms with Crippen LogP contribution in [0, 0.1) is 0 Å². The number of ether oxygens (including phenoxy) is 3. The molecule has 182 valence electrons. The number of carbonyl (C=O) groups excluding carboxylic acids is 1. The summed E-state index contributed by atoms with van der Waals surface area (Å²) >= 11 is 0. The Morgan fingerprint density at radius 3 is 2.62 bits per heavy atom. The number of rotatable bonds is 9. The van der Waals surface area contributed by atoms with Gasteiger partial charge in [-0.15, -0.1) is 13.2 Å². The maximum atomic E-state index is 13.1. The maximum absolute atomic E-state index is 13.1. The Labute approximate surface area is 198 Å². The van der Waals surface area contributed by atoms with E-state index in [2.05, 4.69) is 11.3 Å². The first-order valence-corrected chi connectivity index (χ1v) is 11.4. The van der Waals surface area contributed by atoms with Gasteiger partial charge in [-0.05, 0) is 78.6 Å². The lowest BCUT2D eigenvalue weighted by Crippen LogP contribution is -2.18. The fraction of sp³-hybridized carbons (Fsp3) is 0.370. The predicted molar refractivity (Wildman–Crippen MR) is 126 cm³/mol. The fourth-order valence-corrected chi connectivity index (χ4v) is 3.87. The molecule has 0 unspecified atom stereocenters. The average Bonchev–Trinajstić information content (AvgIpc) is 2.79. The summed E-state index contributed by atoms with van der Waals surface area (Å²) in [5, 5.41) is 0. The van der Waals surface area contributed by atoms with Gasteiger partial charge in [-0.1, -0.05) is 31.7 Å². The Balaban J connectivity index is 1.86. The van der Waals surface area contributed by atoms with Crippen LogP contribution in [-0.4, -0.2) is 25.5 Å². The third-order valence-electron chi connectivity index (χ3n) is 5.58. The lowest BCUT2D eigenvalue weighted by Gasteiger charge is -2.19. The molecule has 0 amide bonds. The van der Waals surface area contributed by atoms with Crippen molar-refractivity contribution < 1.29 is 32.2 Å². The molecule has 1 aliphatic rings. The summed E-state index contributed by atoms with van der Waals surface area (Å²) in [7, 11) is 0. The van der Waals surface area contributed by atoms with Crippen LogP contribution < -0.4 is 9.47 Å². The van der Waals surface area contributed by atoms with E-state index in [9.17, 15) is 18.0 Å². The molecule has 0 spiro atoms. The van der Waals surface area contributed by atoms with E-state index < -0.39 is 12.3 Å². The topological polar surface area (TPSA) is 44.8 Å². The summed E-state index contributed by atoms with van der Waals surface area (Å²) in [5.41, 5.74) is 4.27. The second-order valence-electron chi connectivity index (χ2n) is 8.04. The van der Waals surface area contributed by atoms with Gasteiger partial charge in [0.15, 0.2) is 0 Å². The highest BCUT2D eigenvalue weighted by Crippen LogP contribution is 2.37. The molecule has 0 saturated carbocycles. The maximum Gasteiger partial charge on any atom is 0.573 e. The van der Waals surface area contributed by atoms with Crippen molar-refractivity contribution >= 4 is 17.6 Å². The van der Waals surface area contributed by atoms with Gasteiger partial charge >= 0.3 is 12.3 Å². The third kappa shape index (κ3) is 7.40. The van der Waals surface area contributed by atoms with Gasteiger partial charge in [-0.2, -0.15) is 0 Å². The summed E-state index contributed by atoms with van der Waals surface area (Å²) in [6, 6.07) is 10.7. The van der Waals surface area contributed by atoms with E-state index in [0.717, 1.165) is 47.6 Å². The Kier molecular flexibility index (Phi) is 8.79. The van der Waals surface area contributed by atoms with E-state index in [0.29, 0.717) is 37.2 Å². The van der Waals surface area contributed by atoms with Crippen molar-refractivity contribution in [2.45, 2.75) is 51.8 Å². The third-order valence-corrected chi connectivity index (χ3v) is 5.58. The van der Waals surface area contributed by atoms with E-state index in [1.807, 2.05) is 31.2 Å². The molecule has 1 aliphatic carbocycles. The zero-order valence-corrected chi connectivity index (χ0v) is 19.2. The molecule has 0 atom stereocenters. The number of esters is 1. The standard InChI is InChI=1S/C27H29F3O4/c1-3-19-10-13-25(34-27(28,29)30)24(16-19)21-9-6-5-8-20-11-12-23(18-22(20)17-21)32-14-7-15-33-26(31)4-2/h4,10-13,16-18H,2-3,5-9,14-15H2,1H3/b21-17+. The van der Waals surface area contributed by atoms with Crippen LogP contribution in [0.15, 0.2) is 49.1 Å². The number of alkyl halides is 3. The largest absolute Gasteiger partial charge is 0.573 e. The second-order valence-corrected chi connectivity index (χ2v) is 8.04. The second kappa shape index (κ2) is 11.8. The van der Waals surface area contributed by atoms with Gasteiger partial charge in [0.05, 0.1) is 13.2 Å². The van der Waals surface area contributed by atoms with Gasteiger partial charge in [0.1, 0.15) is 11.5 Å². The minimum absolute atomic E-state index is 0.181. The van der Waals surface area contributed by atoms with Crippen molar-refractivity contribution in [3.63, 3.8) is 0 Å². The van der Waals surface area contributed by atoms with E-state index in [1.54, 1.807) is 12.1 Å². The fourth-order valence-electron chi connectivity index (χ4n) is 3.87. The van der Waals surface area contributed by atoms with Crippen LogP contribution in [0.4, 0.5) is 13.2 Å². The van der Waals surface area contributed by atoms with Crippen molar-refractivity contribution in [1.29, 1.82) is 0 Å². The first-order valence-electron chi connectivity index (χ1n) is 11.4. The van der Waals surface area contributed by atoms with Gasteiger partial charge in [0.2, 0.25) is 0 Å². The van der Waals surface area contributed by atoms with E-state index in [-0.39, 0.29) is 12.4 Å². The van der Waals surface area contributed by atoms with Crippen molar-refractivity contribution in [2.75, 3.05) is 13.2 Å². The van der Waals surface area contributed by atoms with Crippen molar-refractivity contribution in [1.82, 2.24) is 0 Å². The highest BCUT2D eigenvalue weighted by molar-refractivity contribution is 5.85. The number of benzene rings is 2. The number of halogens is 3. The van der Waals surface area contributed by atoms with Gasteiger partial charge < -0.3 is 14.2 Å². The van der Waals surface area contributed by atoms with Crippen LogP contribution in [0.1, 0.15) is 54.9 Å². The molecule has 0 aliphatic heterocycles. The lowest BCUT2D eigenvalue weighted by molar-refractivity contribution is -0.274. The van der Waals surface area contributed by atoms with Crippen LogP contribution in [0.5, 0.6) is 11.5 Å². The number of carbonyl (C=O) groups is 1. The zero-order valence-electron chi connectivity index (χ0n) is 19.2. The molecule has 0 radical (unpaired) electrons. The molecule has 0 heterocycles. The molecular weight excluding hydrogens is 445 g/mol. The van der Waals surface area contributed by atoms with Crippen LogP contribution in [0.25, 0.3) is 11.6 Å². The summed E-state index contributed by atoms with van der Waals surface area (Å²) in [5.74, 6) is -0.00151. The molecule has 0 saturated heterocycles. The Hall–Kier alpha value is -3.22. The molecule has 0 N–H and O–H groups in total. The first-order chi connectivity index (χ1) is 16.3. The van der Waals surface area contributed by atoms with E-state index >= 15 is 0 Å². The Morgan fingerprint density at radius 2 is 1.88 bits per heavy atom. The minimum Gasteiger partial charge on any atom is -0.493 e. The van der Waals surface area contributed by atoms with Gasteiger partial charge in [-0.3, -0.25) is 0 Å². The average molecular weight is 475 g/mol. The molecule has 34 heavy (non-hydrogen) atoms. The SMILES string of the molecule is C=CC(=O)OCCCOc1ccc2c(c1)/C=C(/c1cc(CC)ccc1OC(F)(F)F)CCCC2. The molecule has 7 heteroatoms. The molecule has 2 aromatic rings. The number of aryl methyl sites for hydroxylation is 2. The van der Waals surface area contributed by atoms with Gasteiger partial charge in [0, 0.05) is 18.1 Å².